The number of hydrogen-bond donors (Lipinski definition) is 1. The van der Waals surface area contributed by atoms with E-state index in [4.69, 9.17) is 4.74 Å². The lowest BCUT2D eigenvalue weighted by molar-refractivity contribution is -0.115. The average Bonchev–Trinajstić information content (AvgIpc) is 2.55. The maximum atomic E-state index is 11.2. The molecule has 0 saturated carbocycles. The van der Waals surface area contributed by atoms with Crippen molar-refractivity contribution in [3.63, 3.8) is 0 Å². The van der Waals surface area contributed by atoms with E-state index in [1.807, 2.05) is 18.2 Å². The molecule has 0 fully saturated rings. The van der Waals surface area contributed by atoms with Crippen LogP contribution in [0.4, 0.5) is 5.69 Å². The molecule has 1 aliphatic heterocycles. The minimum absolute atomic E-state index is 0.0878. The Morgan fingerprint density at radius 2 is 2.36 bits per heavy atom. The molecule has 1 aromatic rings. The number of benzene rings is 1. The fraction of sp³-hybridized carbons (Fsp3) is 0.364. The Kier molecular flexibility index (Phi) is 2.50. The third-order valence-electron chi connectivity index (χ3n) is 2.43. The smallest absolute Gasteiger partial charge is 0.228 e. The van der Waals surface area contributed by atoms with Crippen molar-refractivity contribution in [2.75, 3.05) is 19.0 Å². The SMILES string of the molecule is COCCc1cccc2c1NC(=O)C2. The minimum atomic E-state index is 0.0878. The van der Waals surface area contributed by atoms with E-state index >= 15 is 0 Å². The second kappa shape index (κ2) is 3.80. The average molecular weight is 191 g/mol. The number of nitrogens with one attached hydrogen (secondary N) is 1. The van der Waals surface area contributed by atoms with Crippen LogP contribution in [0, 0.1) is 0 Å². The van der Waals surface area contributed by atoms with Gasteiger partial charge in [-0.3, -0.25) is 4.79 Å². The third-order valence-corrected chi connectivity index (χ3v) is 2.43. The van der Waals surface area contributed by atoms with E-state index in [1.165, 1.54) is 0 Å². The van der Waals surface area contributed by atoms with Crippen molar-refractivity contribution in [2.45, 2.75) is 12.8 Å². The first-order valence-corrected chi connectivity index (χ1v) is 4.71. The van der Waals surface area contributed by atoms with Gasteiger partial charge in [-0.1, -0.05) is 18.2 Å². The van der Waals surface area contributed by atoms with Crippen LogP contribution in [0.2, 0.25) is 0 Å². The first kappa shape index (κ1) is 9.21. The Balaban J connectivity index is 2.25. The van der Waals surface area contributed by atoms with Gasteiger partial charge in [0.1, 0.15) is 0 Å². The molecule has 1 heterocycles. The van der Waals surface area contributed by atoms with Crippen molar-refractivity contribution in [2.24, 2.45) is 0 Å². The van der Waals surface area contributed by atoms with E-state index in [2.05, 4.69) is 5.32 Å². The van der Waals surface area contributed by atoms with Gasteiger partial charge in [0.15, 0.2) is 0 Å². The van der Waals surface area contributed by atoms with E-state index in [0.29, 0.717) is 13.0 Å². The summed E-state index contributed by atoms with van der Waals surface area (Å²) in [6.07, 6.45) is 1.36. The highest BCUT2D eigenvalue weighted by atomic mass is 16.5. The molecule has 1 aromatic carbocycles. The summed E-state index contributed by atoms with van der Waals surface area (Å²) in [5, 5.41) is 2.88. The summed E-state index contributed by atoms with van der Waals surface area (Å²) in [4.78, 5) is 11.2. The Labute approximate surface area is 83.1 Å². The van der Waals surface area contributed by atoms with Crippen molar-refractivity contribution in [1.29, 1.82) is 0 Å². The van der Waals surface area contributed by atoms with Crippen molar-refractivity contribution < 1.29 is 9.53 Å². The van der Waals surface area contributed by atoms with E-state index in [1.54, 1.807) is 7.11 Å². The number of carbonyl (C=O) groups excluding carboxylic acids is 1. The molecule has 0 saturated heterocycles. The van der Waals surface area contributed by atoms with Gasteiger partial charge < -0.3 is 10.1 Å². The predicted molar refractivity (Wildman–Crippen MR) is 54.4 cm³/mol. The van der Waals surface area contributed by atoms with Gasteiger partial charge in [0, 0.05) is 12.8 Å². The normalized spacial score (nSPS) is 13.9. The number of hydrogen-bond acceptors (Lipinski definition) is 2. The largest absolute Gasteiger partial charge is 0.384 e. The van der Waals surface area contributed by atoms with Gasteiger partial charge >= 0.3 is 0 Å². The summed E-state index contributed by atoms with van der Waals surface area (Å²) < 4.78 is 5.02. The van der Waals surface area contributed by atoms with Crippen LogP contribution in [-0.2, 0) is 22.4 Å². The molecule has 74 valence electrons. The van der Waals surface area contributed by atoms with E-state index in [0.717, 1.165) is 23.2 Å². The second-order valence-corrected chi connectivity index (χ2v) is 3.42. The van der Waals surface area contributed by atoms with Gasteiger partial charge in [-0.15, -0.1) is 0 Å². The molecule has 1 amide bonds. The fourth-order valence-electron chi connectivity index (χ4n) is 1.74. The molecule has 0 unspecified atom stereocenters. The lowest BCUT2D eigenvalue weighted by Gasteiger charge is -2.06. The second-order valence-electron chi connectivity index (χ2n) is 3.42. The zero-order valence-corrected chi connectivity index (χ0v) is 8.17. The van der Waals surface area contributed by atoms with Crippen LogP contribution in [-0.4, -0.2) is 19.6 Å². The number of rotatable bonds is 3. The Hall–Kier alpha value is -1.35. The number of ether oxygens (including phenoxy) is 1. The van der Waals surface area contributed by atoms with E-state index in [-0.39, 0.29) is 5.91 Å². The van der Waals surface area contributed by atoms with Gasteiger partial charge in [-0.2, -0.15) is 0 Å². The third kappa shape index (κ3) is 1.63. The summed E-state index contributed by atoms with van der Waals surface area (Å²) in [5.74, 6) is 0.0878. The molecular weight excluding hydrogens is 178 g/mol. The molecule has 0 bridgehead atoms. The molecule has 0 aliphatic carbocycles. The van der Waals surface area contributed by atoms with Crippen LogP contribution in [0.3, 0.4) is 0 Å². The lowest BCUT2D eigenvalue weighted by Crippen LogP contribution is -2.05. The van der Waals surface area contributed by atoms with Gasteiger partial charge in [-0.25, -0.2) is 0 Å². The molecular formula is C11H13NO2. The molecule has 0 aromatic heterocycles. The Morgan fingerprint density at radius 3 is 3.14 bits per heavy atom. The van der Waals surface area contributed by atoms with Crippen LogP contribution < -0.4 is 5.32 Å². The Morgan fingerprint density at radius 1 is 1.50 bits per heavy atom. The lowest BCUT2D eigenvalue weighted by atomic mass is 10.1. The van der Waals surface area contributed by atoms with Crippen LogP contribution in [0.1, 0.15) is 11.1 Å². The molecule has 14 heavy (non-hydrogen) atoms. The number of fused-ring (bicyclic) bond motifs is 1. The maximum Gasteiger partial charge on any atom is 0.228 e. The maximum absolute atomic E-state index is 11.2. The number of anilines is 1. The molecule has 0 spiro atoms. The zero-order chi connectivity index (χ0) is 9.97. The quantitative estimate of drug-likeness (QED) is 0.783. The van der Waals surface area contributed by atoms with Crippen LogP contribution >= 0.6 is 0 Å². The Bertz CT molecular complexity index is 360. The van der Waals surface area contributed by atoms with E-state index in [9.17, 15) is 4.79 Å². The van der Waals surface area contributed by atoms with Crippen LogP contribution in [0.5, 0.6) is 0 Å². The number of methoxy groups -OCH3 is 1. The summed E-state index contributed by atoms with van der Waals surface area (Å²) in [5.41, 5.74) is 3.26. The van der Waals surface area contributed by atoms with Crippen molar-refractivity contribution in [3.05, 3.63) is 29.3 Å². The monoisotopic (exact) mass is 191 g/mol. The summed E-state index contributed by atoms with van der Waals surface area (Å²) >= 11 is 0. The molecule has 0 radical (unpaired) electrons. The van der Waals surface area contributed by atoms with E-state index < -0.39 is 0 Å². The first-order valence-electron chi connectivity index (χ1n) is 4.71. The van der Waals surface area contributed by atoms with Crippen molar-refractivity contribution >= 4 is 11.6 Å². The summed E-state index contributed by atoms with van der Waals surface area (Å²) in [6, 6.07) is 6.01. The highest BCUT2D eigenvalue weighted by Crippen LogP contribution is 2.27. The molecule has 2 rings (SSSR count). The topological polar surface area (TPSA) is 38.3 Å². The first-order chi connectivity index (χ1) is 6.81. The highest BCUT2D eigenvalue weighted by Gasteiger charge is 2.19. The zero-order valence-electron chi connectivity index (χ0n) is 8.17. The molecule has 1 N–H and O–H groups in total. The van der Waals surface area contributed by atoms with Crippen molar-refractivity contribution in [3.8, 4) is 0 Å². The van der Waals surface area contributed by atoms with Crippen LogP contribution in [0.25, 0.3) is 0 Å². The highest BCUT2D eigenvalue weighted by molar-refractivity contribution is 6.00. The van der Waals surface area contributed by atoms with Gasteiger partial charge in [0.2, 0.25) is 5.91 Å². The van der Waals surface area contributed by atoms with Gasteiger partial charge in [0.25, 0.3) is 0 Å². The fourth-order valence-corrected chi connectivity index (χ4v) is 1.74. The van der Waals surface area contributed by atoms with Crippen molar-refractivity contribution in [1.82, 2.24) is 0 Å². The molecule has 3 nitrogen and oxygen atoms in total. The summed E-state index contributed by atoms with van der Waals surface area (Å²) in [7, 11) is 1.68. The van der Waals surface area contributed by atoms with Gasteiger partial charge in [0.05, 0.1) is 13.0 Å². The molecule has 1 aliphatic rings. The summed E-state index contributed by atoms with van der Waals surface area (Å²) in [6.45, 7) is 0.687. The number of carbonyl (C=O) groups is 1. The molecule has 3 heteroatoms. The number of para-hydroxylation sites is 1. The molecule has 0 atom stereocenters. The number of amides is 1. The van der Waals surface area contributed by atoms with Gasteiger partial charge in [-0.05, 0) is 17.5 Å². The minimum Gasteiger partial charge on any atom is -0.384 e. The van der Waals surface area contributed by atoms with Crippen LogP contribution in [0.15, 0.2) is 18.2 Å². The predicted octanol–water partition coefficient (Wildman–Crippen LogP) is 1.37. The standard InChI is InChI=1S/C11H13NO2/c1-14-6-5-8-3-2-4-9-7-10(13)12-11(8)9/h2-4H,5-7H2,1H3,(H,12,13).